The Morgan fingerprint density at radius 2 is 2.11 bits per heavy atom. The third-order valence-corrected chi connectivity index (χ3v) is 3.37. The third-order valence-electron chi connectivity index (χ3n) is 2.33. The zero-order chi connectivity index (χ0) is 13.1. The second kappa shape index (κ2) is 5.38. The van der Waals surface area contributed by atoms with Gasteiger partial charge in [0.25, 0.3) is 0 Å². The number of carbonyl (C=O) groups is 1. The predicted molar refractivity (Wildman–Crippen MR) is 74.4 cm³/mol. The first-order chi connectivity index (χ1) is 8.63. The molecule has 0 bridgehead atoms. The minimum Gasteiger partial charge on any atom is -0.494 e. The van der Waals surface area contributed by atoms with Gasteiger partial charge in [-0.2, -0.15) is 5.10 Å². The summed E-state index contributed by atoms with van der Waals surface area (Å²) in [6.07, 6.45) is 1.35. The molecule has 0 radical (unpaired) electrons. The number of aromatic nitrogens is 2. The Balaban J connectivity index is 2.34. The van der Waals surface area contributed by atoms with Crippen LogP contribution in [0.15, 0.2) is 30.5 Å². The summed E-state index contributed by atoms with van der Waals surface area (Å²) in [5, 5.41) is 13.0. The second-order valence-corrected chi connectivity index (χ2v) is 4.51. The summed E-state index contributed by atoms with van der Waals surface area (Å²) in [6.45, 7) is 2.53. The first-order valence-electron chi connectivity index (χ1n) is 5.33. The molecule has 5 nitrogen and oxygen atoms in total. The van der Waals surface area contributed by atoms with Gasteiger partial charge in [-0.05, 0) is 53.8 Å². The standard InChI is InChI=1S/C12H11IN2O3/c1-2-18-9-5-3-8(4-6-9)15-11(13)10(7-14-15)12(16)17/h3-7H,2H2,1H3,(H,16,17). The normalized spacial score (nSPS) is 10.3. The molecule has 1 aromatic carbocycles. The van der Waals surface area contributed by atoms with Crippen LogP contribution in [0.3, 0.4) is 0 Å². The molecule has 0 spiro atoms. The van der Waals surface area contributed by atoms with Gasteiger partial charge in [0.15, 0.2) is 0 Å². The first kappa shape index (κ1) is 12.9. The van der Waals surface area contributed by atoms with Crippen LogP contribution < -0.4 is 4.74 Å². The summed E-state index contributed by atoms with van der Waals surface area (Å²) in [6, 6.07) is 7.34. The van der Waals surface area contributed by atoms with E-state index >= 15 is 0 Å². The molecular formula is C12H11IN2O3. The fourth-order valence-corrected chi connectivity index (χ4v) is 2.28. The number of hydrogen-bond acceptors (Lipinski definition) is 3. The molecule has 0 saturated heterocycles. The maximum absolute atomic E-state index is 10.9. The lowest BCUT2D eigenvalue weighted by atomic mass is 10.3. The maximum atomic E-state index is 10.9. The van der Waals surface area contributed by atoms with E-state index in [2.05, 4.69) is 5.10 Å². The molecule has 2 aromatic rings. The highest BCUT2D eigenvalue weighted by Gasteiger charge is 2.14. The van der Waals surface area contributed by atoms with Gasteiger partial charge < -0.3 is 9.84 Å². The summed E-state index contributed by atoms with van der Waals surface area (Å²) < 4.78 is 7.50. The van der Waals surface area contributed by atoms with E-state index in [1.807, 2.05) is 53.8 Å². The van der Waals surface area contributed by atoms with Crippen molar-refractivity contribution in [2.24, 2.45) is 0 Å². The number of rotatable bonds is 4. The van der Waals surface area contributed by atoms with Crippen molar-refractivity contribution in [3.05, 3.63) is 39.7 Å². The Morgan fingerprint density at radius 3 is 2.61 bits per heavy atom. The zero-order valence-corrected chi connectivity index (χ0v) is 11.8. The minimum atomic E-state index is -0.975. The van der Waals surface area contributed by atoms with Crippen molar-refractivity contribution in [2.75, 3.05) is 6.61 Å². The highest BCUT2D eigenvalue weighted by Crippen LogP contribution is 2.19. The topological polar surface area (TPSA) is 64.4 Å². The summed E-state index contributed by atoms with van der Waals surface area (Å²) in [5.41, 5.74) is 1.000. The fourth-order valence-electron chi connectivity index (χ4n) is 1.51. The van der Waals surface area contributed by atoms with Crippen LogP contribution in [0.25, 0.3) is 5.69 Å². The third kappa shape index (κ3) is 2.47. The van der Waals surface area contributed by atoms with Crippen LogP contribution in [-0.2, 0) is 0 Å². The summed E-state index contributed by atoms with van der Waals surface area (Å²) in [5.74, 6) is -0.196. The van der Waals surface area contributed by atoms with Crippen LogP contribution in [0.5, 0.6) is 5.75 Å². The largest absolute Gasteiger partial charge is 0.494 e. The summed E-state index contributed by atoms with van der Waals surface area (Å²) in [4.78, 5) is 10.9. The molecule has 94 valence electrons. The van der Waals surface area contributed by atoms with E-state index in [1.165, 1.54) is 6.20 Å². The monoisotopic (exact) mass is 358 g/mol. The van der Waals surface area contributed by atoms with Crippen LogP contribution in [0.2, 0.25) is 0 Å². The quantitative estimate of drug-likeness (QED) is 0.854. The molecule has 18 heavy (non-hydrogen) atoms. The molecule has 6 heteroatoms. The first-order valence-corrected chi connectivity index (χ1v) is 6.41. The van der Waals surface area contributed by atoms with E-state index in [-0.39, 0.29) is 5.56 Å². The van der Waals surface area contributed by atoms with E-state index in [9.17, 15) is 4.79 Å². The number of aromatic carboxylic acids is 1. The number of hydrogen-bond donors (Lipinski definition) is 1. The zero-order valence-electron chi connectivity index (χ0n) is 9.63. The van der Waals surface area contributed by atoms with Crippen LogP contribution >= 0.6 is 22.6 Å². The van der Waals surface area contributed by atoms with Crippen molar-refractivity contribution in [3.63, 3.8) is 0 Å². The van der Waals surface area contributed by atoms with E-state index in [4.69, 9.17) is 9.84 Å². The lowest BCUT2D eigenvalue weighted by molar-refractivity contribution is 0.0695. The lowest BCUT2D eigenvalue weighted by Gasteiger charge is -2.06. The molecule has 1 heterocycles. The number of ether oxygens (including phenoxy) is 1. The highest BCUT2D eigenvalue weighted by atomic mass is 127. The predicted octanol–water partition coefficient (Wildman–Crippen LogP) is 2.57. The Morgan fingerprint density at radius 1 is 1.44 bits per heavy atom. The van der Waals surface area contributed by atoms with Gasteiger partial charge in [-0.3, -0.25) is 0 Å². The molecule has 0 aliphatic carbocycles. The highest BCUT2D eigenvalue weighted by molar-refractivity contribution is 14.1. The van der Waals surface area contributed by atoms with Crippen molar-refractivity contribution in [2.45, 2.75) is 6.92 Å². The van der Waals surface area contributed by atoms with Gasteiger partial charge in [0.1, 0.15) is 15.0 Å². The fraction of sp³-hybridized carbons (Fsp3) is 0.167. The Hall–Kier alpha value is -1.57. The molecule has 1 N–H and O–H groups in total. The van der Waals surface area contributed by atoms with Crippen molar-refractivity contribution in [1.29, 1.82) is 0 Å². The molecular weight excluding hydrogens is 347 g/mol. The molecule has 0 saturated carbocycles. The van der Waals surface area contributed by atoms with Gasteiger partial charge in [-0.15, -0.1) is 0 Å². The van der Waals surface area contributed by atoms with Crippen LogP contribution in [0, 0.1) is 3.70 Å². The molecule has 0 aliphatic rings. The van der Waals surface area contributed by atoms with Crippen LogP contribution in [0.4, 0.5) is 0 Å². The smallest absolute Gasteiger partial charge is 0.340 e. The Kier molecular flexibility index (Phi) is 3.85. The Bertz CT molecular complexity index is 563. The number of nitrogens with zero attached hydrogens (tertiary/aromatic N) is 2. The van der Waals surface area contributed by atoms with E-state index < -0.39 is 5.97 Å². The molecule has 0 atom stereocenters. The van der Waals surface area contributed by atoms with E-state index in [0.717, 1.165) is 11.4 Å². The van der Waals surface area contributed by atoms with E-state index in [0.29, 0.717) is 10.3 Å². The number of benzene rings is 1. The number of halogens is 1. The van der Waals surface area contributed by atoms with Crippen molar-refractivity contribution < 1.29 is 14.6 Å². The van der Waals surface area contributed by atoms with Gasteiger partial charge in [0, 0.05) is 0 Å². The average molecular weight is 358 g/mol. The Labute approximate surface area is 118 Å². The van der Waals surface area contributed by atoms with Crippen molar-refractivity contribution >= 4 is 28.6 Å². The van der Waals surface area contributed by atoms with Crippen molar-refractivity contribution in [3.8, 4) is 11.4 Å². The number of carboxylic acid groups (broad SMARTS) is 1. The van der Waals surface area contributed by atoms with Crippen molar-refractivity contribution in [1.82, 2.24) is 9.78 Å². The molecule has 2 rings (SSSR count). The summed E-state index contributed by atoms with van der Waals surface area (Å²) in [7, 11) is 0. The molecule has 1 aromatic heterocycles. The van der Waals surface area contributed by atoms with Gasteiger partial charge in [0.2, 0.25) is 0 Å². The molecule has 0 aliphatic heterocycles. The van der Waals surface area contributed by atoms with Gasteiger partial charge in [0.05, 0.1) is 18.5 Å². The SMILES string of the molecule is CCOc1ccc(-n2ncc(C(=O)O)c2I)cc1. The minimum absolute atomic E-state index is 0.199. The number of carboxylic acids is 1. The van der Waals surface area contributed by atoms with Gasteiger partial charge in [-0.25, -0.2) is 9.48 Å². The molecule has 0 amide bonds. The molecule has 0 unspecified atom stereocenters. The van der Waals surface area contributed by atoms with Gasteiger partial charge >= 0.3 is 5.97 Å². The molecule has 0 fully saturated rings. The second-order valence-electron chi connectivity index (χ2n) is 3.49. The van der Waals surface area contributed by atoms with E-state index in [1.54, 1.807) is 4.68 Å². The lowest BCUT2D eigenvalue weighted by Crippen LogP contribution is -2.02. The summed E-state index contributed by atoms with van der Waals surface area (Å²) >= 11 is 1.97. The van der Waals surface area contributed by atoms with Gasteiger partial charge in [-0.1, -0.05) is 0 Å². The average Bonchev–Trinajstić information content (AvgIpc) is 2.73. The van der Waals surface area contributed by atoms with Crippen LogP contribution in [-0.4, -0.2) is 27.5 Å². The maximum Gasteiger partial charge on any atom is 0.340 e. The van der Waals surface area contributed by atoms with Crippen LogP contribution in [0.1, 0.15) is 17.3 Å².